The SMILES string of the molecule is COC(=O)c1c(C)[nH]c(C(=O)[C@@H](C)OC(=O)c2ccc(C)c(C)c2)c1C. The van der Waals surface area contributed by atoms with E-state index in [1.165, 1.54) is 14.0 Å². The summed E-state index contributed by atoms with van der Waals surface area (Å²) in [6.45, 7) is 8.70. The highest BCUT2D eigenvalue weighted by Crippen LogP contribution is 2.21. The topological polar surface area (TPSA) is 85.5 Å². The number of aromatic nitrogens is 1. The van der Waals surface area contributed by atoms with E-state index in [0.717, 1.165) is 11.1 Å². The van der Waals surface area contributed by atoms with Crippen molar-refractivity contribution < 1.29 is 23.9 Å². The number of hydrogen-bond donors (Lipinski definition) is 1. The first-order valence-corrected chi connectivity index (χ1v) is 8.27. The standard InChI is InChI=1S/C20H23NO5/c1-10-7-8-15(9-11(10)2)19(23)26-14(5)18(22)17-12(3)16(13(4)21-17)20(24)25-6/h7-9,14,21H,1-6H3/t14-/m1/s1. The van der Waals surface area contributed by atoms with Crippen LogP contribution in [0.15, 0.2) is 18.2 Å². The van der Waals surface area contributed by atoms with Crippen molar-refractivity contribution in [1.82, 2.24) is 4.98 Å². The fraction of sp³-hybridized carbons (Fsp3) is 0.350. The molecule has 1 atom stereocenters. The van der Waals surface area contributed by atoms with Gasteiger partial charge in [0.15, 0.2) is 6.10 Å². The van der Waals surface area contributed by atoms with Crippen molar-refractivity contribution in [3.8, 4) is 0 Å². The van der Waals surface area contributed by atoms with Crippen LogP contribution in [0.2, 0.25) is 0 Å². The highest BCUT2D eigenvalue weighted by Gasteiger charge is 2.27. The number of ketones is 1. The third-order valence-corrected chi connectivity index (χ3v) is 4.47. The average molecular weight is 357 g/mol. The highest BCUT2D eigenvalue weighted by atomic mass is 16.5. The Morgan fingerprint density at radius 2 is 1.65 bits per heavy atom. The Balaban J connectivity index is 2.21. The second kappa shape index (κ2) is 7.56. The van der Waals surface area contributed by atoms with E-state index in [9.17, 15) is 14.4 Å². The molecule has 0 bridgehead atoms. The van der Waals surface area contributed by atoms with Crippen molar-refractivity contribution in [3.63, 3.8) is 0 Å². The van der Waals surface area contributed by atoms with E-state index < -0.39 is 23.8 Å². The van der Waals surface area contributed by atoms with Crippen molar-refractivity contribution in [1.29, 1.82) is 0 Å². The predicted octanol–water partition coefficient (Wildman–Crippen LogP) is 3.46. The molecule has 1 aromatic heterocycles. The lowest BCUT2D eigenvalue weighted by molar-refractivity contribution is 0.0316. The minimum atomic E-state index is -0.994. The number of carbonyl (C=O) groups is 3. The second-order valence-electron chi connectivity index (χ2n) is 6.33. The van der Waals surface area contributed by atoms with E-state index in [4.69, 9.17) is 9.47 Å². The molecule has 1 N–H and O–H groups in total. The van der Waals surface area contributed by atoms with Gasteiger partial charge in [0.1, 0.15) is 0 Å². The number of rotatable bonds is 5. The predicted molar refractivity (Wildman–Crippen MR) is 96.7 cm³/mol. The minimum Gasteiger partial charge on any atom is -0.465 e. The van der Waals surface area contributed by atoms with Gasteiger partial charge in [0, 0.05) is 5.69 Å². The molecule has 0 aliphatic rings. The van der Waals surface area contributed by atoms with Crippen LogP contribution in [0.5, 0.6) is 0 Å². The zero-order valence-corrected chi connectivity index (χ0v) is 15.9. The van der Waals surface area contributed by atoms with E-state index in [2.05, 4.69) is 4.98 Å². The van der Waals surface area contributed by atoms with Crippen LogP contribution >= 0.6 is 0 Å². The molecule has 26 heavy (non-hydrogen) atoms. The summed E-state index contributed by atoms with van der Waals surface area (Å²) < 4.78 is 10.1. The van der Waals surface area contributed by atoms with Gasteiger partial charge in [-0.3, -0.25) is 4.79 Å². The van der Waals surface area contributed by atoms with E-state index >= 15 is 0 Å². The largest absolute Gasteiger partial charge is 0.465 e. The van der Waals surface area contributed by atoms with Gasteiger partial charge in [0.05, 0.1) is 23.9 Å². The molecular weight excluding hydrogens is 334 g/mol. The van der Waals surface area contributed by atoms with Gasteiger partial charge in [-0.2, -0.15) is 0 Å². The quantitative estimate of drug-likeness (QED) is 0.654. The van der Waals surface area contributed by atoms with Crippen LogP contribution in [0.3, 0.4) is 0 Å². The summed E-state index contributed by atoms with van der Waals surface area (Å²) in [6, 6.07) is 5.23. The Bertz CT molecular complexity index is 879. The van der Waals surface area contributed by atoms with Crippen molar-refractivity contribution >= 4 is 17.7 Å². The first kappa shape index (κ1) is 19.4. The summed E-state index contributed by atoms with van der Waals surface area (Å²) in [5, 5.41) is 0. The zero-order chi connectivity index (χ0) is 19.6. The molecule has 0 saturated carbocycles. The molecule has 0 radical (unpaired) electrons. The fourth-order valence-electron chi connectivity index (χ4n) is 2.76. The third-order valence-electron chi connectivity index (χ3n) is 4.47. The molecule has 0 fully saturated rings. The van der Waals surface area contributed by atoms with Gasteiger partial charge in [0.2, 0.25) is 5.78 Å². The Morgan fingerprint density at radius 1 is 1.00 bits per heavy atom. The number of hydrogen-bond acceptors (Lipinski definition) is 5. The van der Waals surface area contributed by atoms with Gasteiger partial charge in [-0.05, 0) is 63.4 Å². The number of H-pyrrole nitrogens is 1. The lowest BCUT2D eigenvalue weighted by Gasteiger charge is -2.13. The summed E-state index contributed by atoms with van der Waals surface area (Å²) in [5.41, 5.74) is 4.00. The summed E-state index contributed by atoms with van der Waals surface area (Å²) in [4.78, 5) is 39.7. The average Bonchev–Trinajstić information content (AvgIpc) is 2.90. The van der Waals surface area contributed by atoms with Crippen LogP contribution in [0.4, 0.5) is 0 Å². The van der Waals surface area contributed by atoms with Gasteiger partial charge in [-0.25, -0.2) is 9.59 Å². The number of aromatic amines is 1. The maximum atomic E-state index is 12.7. The van der Waals surface area contributed by atoms with Gasteiger partial charge >= 0.3 is 11.9 Å². The monoisotopic (exact) mass is 357 g/mol. The van der Waals surface area contributed by atoms with Crippen LogP contribution in [0.1, 0.15) is 60.5 Å². The lowest BCUT2D eigenvalue weighted by atomic mass is 10.1. The Hall–Kier alpha value is -2.89. The Kier molecular flexibility index (Phi) is 5.65. The van der Waals surface area contributed by atoms with E-state index in [0.29, 0.717) is 22.4 Å². The number of esters is 2. The maximum Gasteiger partial charge on any atom is 0.339 e. The van der Waals surface area contributed by atoms with Crippen LogP contribution in [-0.2, 0) is 9.47 Å². The van der Waals surface area contributed by atoms with E-state index in [-0.39, 0.29) is 5.69 Å². The number of ether oxygens (including phenoxy) is 2. The first-order valence-electron chi connectivity index (χ1n) is 8.27. The number of methoxy groups -OCH3 is 1. The molecule has 0 saturated heterocycles. The molecule has 0 aliphatic carbocycles. The van der Waals surface area contributed by atoms with Crippen LogP contribution in [0, 0.1) is 27.7 Å². The van der Waals surface area contributed by atoms with Crippen molar-refractivity contribution in [2.45, 2.75) is 40.7 Å². The fourth-order valence-corrected chi connectivity index (χ4v) is 2.76. The van der Waals surface area contributed by atoms with Gasteiger partial charge in [0.25, 0.3) is 0 Å². The van der Waals surface area contributed by atoms with Crippen molar-refractivity contribution in [2.24, 2.45) is 0 Å². The molecule has 2 aromatic rings. The molecule has 0 spiro atoms. The van der Waals surface area contributed by atoms with Gasteiger partial charge in [-0.15, -0.1) is 0 Å². The summed E-state index contributed by atoms with van der Waals surface area (Å²) >= 11 is 0. The highest BCUT2D eigenvalue weighted by molar-refractivity contribution is 6.04. The van der Waals surface area contributed by atoms with E-state index in [1.54, 1.807) is 26.0 Å². The molecule has 2 rings (SSSR count). The first-order chi connectivity index (χ1) is 12.2. The number of aryl methyl sites for hydroxylation is 3. The molecule has 1 heterocycles. The summed E-state index contributed by atoms with van der Waals surface area (Å²) in [7, 11) is 1.28. The smallest absolute Gasteiger partial charge is 0.339 e. The van der Waals surface area contributed by atoms with Crippen LogP contribution in [-0.4, -0.2) is 35.9 Å². The number of carbonyl (C=O) groups excluding carboxylic acids is 3. The van der Waals surface area contributed by atoms with Crippen LogP contribution < -0.4 is 0 Å². The van der Waals surface area contributed by atoms with Crippen molar-refractivity contribution in [2.75, 3.05) is 7.11 Å². The molecular formula is C20H23NO5. The Morgan fingerprint density at radius 3 is 2.23 bits per heavy atom. The number of nitrogens with one attached hydrogen (secondary N) is 1. The minimum absolute atomic E-state index is 0.239. The molecule has 6 nitrogen and oxygen atoms in total. The van der Waals surface area contributed by atoms with Crippen molar-refractivity contribution in [3.05, 3.63) is 57.4 Å². The summed E-state index contributed by atoms with van der Waals surface area (Å²) in [5.74, 6) is -1.49. The number of benzene rings is 1. The molecule has 1 aromatic carbocycles. The molecule has 0 aliphatic heterocycles. The zero-order valence-electron chi connectivity index (χ0n) is 15.9. The molecule has 0 amide bonds. The second-order valence-corrected chi connectivity index (χ2v) is 6.33. The lowest BCUT2D eigenvalue weighted by Crippen LogP contribution is -2.25. The van der Waals surface area contributed by atoms with Gasteiger partial charge < -0.3 is 14.5 Å². The summed E-state index contributed by atoms with van der Waals surface area (Å²) in [6.07, 6.45) is -0.994. The third kappa shape index (κ3) is 3.69. The maximum absolute atomic E-state index is 12.7. The molecule has 0 unspecified atom stereocenters. The van der Waals surface area contributed by atoms with Crippen LogP contribution in [0.25, 0.3) is 0 Å². The molecule has 138 valence electrons. The van der Waals surface area contributed by atoms with E-state index in [1.807, 2.05) is 19.9 Å². The molecule has 6 heteroatoms. The Labute approximate surface area is 152 Å². The normalized spacial score (nSPS) is 11.8. The number of Topliss-reactive ketones (excluding diaryl/α,β-unsaturated/α-hetero) is 1. The van der Waals surface area contributed by atoms with Gasteiger partial charge in [-0.1, -0.05) is 6.07 Å².